The molecule has 1 aliphatic rings. The van der Waals surface area contributed by atoms with Gasteiger partial charge in [0, 0.05) is 18.7 Å². The van der Waals surface area contributed by atoms with E-state index in [9.17, 15) is 4.79 Å². The summed E-state index contributed by atoms with van der Waals surface area (Å²) in [5, 5.41) is 3.22. The topological polar surface area (TPSA) is 73.0 Å². The highest BCUT2D eigenvalue weighted by molar-refractivity contribution is 5.88. The van der Waals surface area contributed by atoms with Gasteiger partial charge >= 0.3 is 0 Å². The van der Waals surface area contributed by atoms with Gasteiger partial charge in [-0.15, -0.1) is 0 Å². The molecule has 3 heterocycles. The van der Waals surface area contributed by atoms with E-state index in [2.05, 4.69) is 15.3 Å². The molecule has 3 aromatic rings. The van der Waals surface area contributed by atoms with Crippen molar-refractivity contribution in [3.8, 4) is 11.3 Å². The monoisotopic (exact) mass is 268 g/mol. The maximum Gasteiger partial charge on any atom is 0.203 e. The summed E-state index contributed by atoms with van der Waals surface area (Å²) < 4.78 is 7.23. The smallest absolute Gasteiger partial charge is 0.203 e. The van der Waals surface area contributed by atoms with Crippen LogP contribution in [0.25, 0.3) is 22.4 Å². The molecule has 0 fully saturated rings. The first-order valence-electron chi connectivity index (χ1n) is 6.50. The normalized spacial score (nSPS) is 14.0. The van der Waals surface area contributed by atoms with Gasteiger partial charge in [0.15, 0.2) is 18.3 Å². The molecule has 0 aliphatic carbocycles. The molecule has 0 bridgehead atoms. The van der Waals surface area contributed by atoms with E-state index in [4.69, 9.17) is 4.42 Å². The van der Waals surface area contributed by atoms with Crippen molar-refractivity contribution in [2.75, 3.05) is 11.9 Å². The number of carbonyl (C=O) groups is 1. The number of hydrogen-bond acceptors (Lipinski definition) is 5. The molecule has 1 aliphatic heterocycles. The molecular formula is C14H12N4O2. The molecule has 0 saturated carbocycles. The van der Waals surface area contributed by atoms with Gasteiger partial charge in [-0.2, -0.15) is 0 Å². The number of oxazole rings is 1. The molecule has 1 N–H and O–H groups in total. The number of fused-ring (bicyclic) bond motifs is 2. The predicted octanol–water partition coefficient (Wildman–Crippen LogP) is 2.32. The Kier molecular flexibility index (Phi) is 2.35. The fourth-order valence-corrected chi connectivity index (χ4v) is 2.60. The minimum Gasteiger partial charge on any atom is -0.443 e. The molecule has 0 unspecified atom stereocenters. The number of imidazole rings is 1. The van der Waals surface area contributed by atoms with E-state index in [1.807, 2.05) is 22.8 Å². The summed E-state index contributed by atoms with van der Waals surface area (Å²) in [5.41, 5.74) is 3.63. The number of nitrogens with one attached hydrogen (secondary N) is 1. The van der Waals surface area contributed by atoms with Crippen molar-refractivity contribution in [3.05, 3.63) is 30.3 Å². The largest absolute Gasteiger partial charge is 0.443 e. The summed E-state index contributed by atoms with van der Waals surface area (Å²) in [7, 11) is 0. The summed E-state index contributed by atoms with van der Waals surface area (Å²) in [5.74, 6) is 0.756. The Morgan fingerprint density at radius 2 is 2.35 bits per heavy atom. The average molecular weight is 268 g/mol. The zero-order valence-corrected chi connectivity index (χ0v) is 10.7. The van der Waals surface area contributed by atoms with E-state index in [-0.39, 0.29) is 0 Å². The molecular weight excluding hydrogens is 256 g/mol. The van der Waals surface area contributed by atoms with Crippen LogP contribution < -0.4 is 5.32 Å². The maximum absolute atomic E-state index is 11.4. The van der Waals surface area contributed by atoms with E-state index in [0.717, 1.165) is 42.8 Å². The van der Waals surface area contributed by atoms with Crippen LogP contribution in [0.4, 0.5) is 5.95 Å². The molecule has 0 radical (unpaired) electrons. The second kappa shape index (κ2) is 4.19. The average Bonchev–Trinajstić information content (AvgIpc) is 3.10. The number of rotatable bonds is 2. The second-order valence-corrected chi connectivity index (χ2v) is 4.75. The fourth-order valence-electron chi connectivity index (χ4n) is 2.60. The lowest BCUT2D eigenvalue weighted by molar-refractivity contribution is 0.111. The first kappa shape index (κ1) is 11.2. The standard InChI is InChI=1S/C14H12N4O2/c19-7-11-13(17-14-15-4-1-5-18(11)14)9-2-3-10-12(6-9)20-8-16-10/h2-3,6-8H,1,4-5H2,(H,15,17). The Morgan fingerprint density at radius 3 is 3.25 bits per heavy atom. The zero-order chi connectivity index (χ0) is 13.5. The van der Waals surface area contributed by atoms with Crippen LogP contribution in [-0.4, -0.2) is 27.4 Å². The van der Waals surface area contributed by atoms with Crippen LogP contribution >= 0.6 is 0 Å². The first-order valence-corrected chi connectivity index (χ1v) is 6.50. The third-order valence-electron chi connectivity index (χ3n) is 3.56. The van der Waals surface area contributed by atoms with E-state index in [0.29, 0.717) is 17.0 Å². The minimum atomic E-state index is 0.603. The van der Waals surface area contributed by atoms with Gasteiger partial charge in [0.05, 0.1) is 0 Å². The second-order valence-electron chi connectivity index (χ2n) is 4.75. The molecule has 4 rings (SSSR count). The fraction of sp³-hybridized carbons (Fsp3) is 0.214. The van der Waals surface area contributed by atoms with Gasteiger partial charge < -0.3 is 14.3 Å². The zero-order valence-electron chi connectivity index (χ0n) is 10.7. The molecule has 100 valence electrons. The quantitative estimate of drug-likeness (QED) is 0.722. The Bertz CT molecular complexity index is 803. The van der Waals surface area contributed by atoms with Crippen LogP contribution in [0.1, 0.15) is 16.9 Å². The Balaban J connectivity index is 1.92. The van der Waals surface area contributed by atoms with Crippen LogP contribution in [0.3, 0.4) is 0 Å². The van der Waals surface area contributed by atoms with Crippen molar-refractivity contribution in [2.24, 2.45) is 0 Å². The van der Waals surface area contributed by atoms with Crippen LogP contribution in [0, 0.1) is 0 Å². The van der Waals surface area contributed by atoms with Crippen LogP contribution in [0.2, 0.25) is 0 Å². The van der Waals surface area contributed by atoms with Crippen LogP contribution in [-0.2, 0) is 6.54 Å². The molecule has 0 saturated heterocycles. The molecule has 0 atom stereocenters. The molecule has 20 heavy (non-hydrogen) atoms. The van der Waals surface area contributed by atoms with Crippen LogP contribution in [0.5, 0.6) is 0 Å². The maximum atomic E-state index is 11.4. The molecule has 6 heteroatoms. The number of aldehydes is 1. The molecule has 1 aromatic carbocycles. The van der Waals surface area contributed by atoms with E-state index in [1.54, 1.807) is 0 Å². The third-order valence-corrected chi connectivity index (χ3v) is 3.56. The molecule has 2 aromatic heterocycles. The summed E-state index contributed by atoms with van der Waals surface area (Å²) >= 11 is 0. The Hall–Kier alpha value is -2.63. The molecule has 0 spiro atoms. The number of benzene rings is 1. The number of anilines is 1. The Morgan fingerprint density at radius 1 is 1.40 bits per heavy atom. The molecule has 6 nitrogen and oxygen atoms in total. The SMILES string of the molecule is O=Cc1c(-c2ccc3ncoc3c2)nc2n1CCCN2. The van der Waals surface area contributed by atoms with E-state index in [1.165, 1.54) is 6.39 Å². The predicted molar refractivity (Wildman–Crippen MR) is 73.7 cm³/mol. The van der Waals surface area contributed by atoms with Crippen molar-refractivity contribution in [1.29, 1.82) is 0 Å². The summed E-state index contributed by atoms with van der Waals surface area (Å²) in [6.45, 7) is 1.70. The highest BCUT2D eigenvalue weighted by Gasteiger charge is 2.20. The van der Waals surface area contributed by atoms with Crippen molar-refractivity contribution < 1.29 is 9.21 Å². The van der Waals surface area contributed by atoms with Gasteiger partial charge in [-0.3, -0.25) is 4.79 Å². The van der Waals surface area contributed by atoms with Gasteiger partial charge in [-0.1, -0.05) is 6.07 Å². The lowest BCUT2D eigenvalue weighted by Crippen LogP contribution is -2.18. The number of nitrogens with zero attached hydrogens (tertiary/aromatic N) is 3. The first-order chi connectivity index (χ1) is 9.86. The van der Waals surface area contributed by atoms with Gasteiger partial charge in [0.1, 0.15) is 16.9 Å². The number of aromatic nitrogens is 3. The van der Waals surface area contributed by atoms with Crippen molar-refractivity contribution in [2.45, 2.75) is 13.0 Å². The van der Waals surface area contributed by atoms with E-state index < -0.39 is 0 Å². The van der Waals surface area contributed by atoms with Gasteiger partial charge in [0.25, 0.3) is 0 Å². The highest BCUT2D eigenvalue weighted by Crippen LogP contribution is 2.29. The van der Waals surface area contributed by atoms with Gasteiger partial charge in [-0.25, -0.2) is 9.97 Å². The lowest BCUT2D eigenvalue weighted by atomic mass is 10.1. The van der Waals surface area contributed by atoms with Crippen molar-refractivity contribution >= 4 is 23.3 Å². The highest BCUT2D eigenvalue weighted by atomic mass is 16.3. The van der Waals surface area contributed by atoms with Crippen molar-refractivity contribution in [3.63, 3.8) is 0 Å². The lowest BCUT2D eigenvalue weighted by Gasteiger charge is -2.15. The Labute approximate surface area is 114 Å². The minimum absolute atomic E-state index is 0.603. The van der Waals surface area contributed by atoms with Gasteiger partial charge in [-0.05, 0) is 18.6 Å². The summed E-state index contributed by atoms with van der Waals surface area (Å²) in [4.78, 5) is 20.1. The number of carbonyl (C=O) groups excluding carboxylic acids is 1. The van der Waals surface area contributed by atoms with Gasteiger partial charge in [0.2, 0.25) is 5.95 Å². The summed E-state index contributed by atoms with van der Waals surface area (Å²) in [6.07, 6.45) is 3.27. The van der Waals surface area contributed by atoms with Crippen LogP contribution in [0.15, 0.2) is 29.0 Å². The summed E-state index contributed by atoms with van der Waals surface area (Å²) in [6, 6.07) is 5.64. The third kappa shape index (κ3) is 1.54. The molecule has 0 amide bonds. The van der Waals surface area contributed by atoms with E-state index >= 15 is 0 Å². The van der Waals surface area contributed by atoms with Crippen molar-refractivity contribution in [1.82, 2.24) is 14.5 Å². The number of hydrogen-bond donors (Lipinski definition) is 1.